The maximum absolute atomic E-state index is 12.8. The standard InChI is InChI=1S/C14H17F3N2O2/c1-3-9-7-12(19-13(20)21-2)10-6-8(14(15,16)17)4-5-11(10)18-9/h4-6,9,12,18H,3,7H2,1-2H3,(H,19,20)/t9-,12+/m0/s1. The SMILES string of the molecule is CC[C@H]1C[C@@H](NC(=O)OC)c2cc(C(F)(F)F)ccc2N1. The predicted molar refractivity (Wildman–Crippen MR) is 72.0 cm³/mol. The second kappa shape index (κ2) is 5.83. The van der Waals surface area contributed by atoms with Crippen molar-refractivity contribution in [2.75, 3.05) is 12.4 Å². The lowest BCUT2D eigenvalue weighted by Crippen LogP contribution is -2.37. The summed E-state index contributed by atoms with van der Waals surface area (Å²) in [6, 6.07) is 3.12. The molecule has 0 bridgehead atoms. The number of amides is 1. The average molecular weight is 302 g/mol. The highest BCUT2D eigenvalue weighted by atomic mass is 19.4. The number of carbonyl (C=O) groups is 1. The molecule has 2 N–H and O–H groups in total. The number of rotatable bonds is 2. The number of alkyl carbamates (subject to hydrolysis) is 1. The number of carbonyl (C=O) groups excluding carboxylic acids is 1. The van der Waals surface area contributed by atoms with Gasteiger partial charge in [-0.2, -0.15) is 13.2 Å². The van der Waals surface area contributed by atoms with E-state index in [1.54, 1.807) is 0 Å². The molecule has 1 aliphatic heterocycles. The van der Waals surface area contributed by atoms with Gasteiger partial charge in [-0.15, -0.1) is 0 Å². The van der Waals surface area contributed by atoms with Crippen LogP contribution in [0.15, 0.2) is 18.2 Å². The molecule has 0 aromatic heterocycles. The zero-order valence-electron chi connectivity index (χ0n) is 11.8. The number of methoxy groups -OCH3 is 1. The summed E-state index contributed by atoms with van der Waals surface area (Å²) in [6.07, 6.45) is -3.74. The van der Waals surface area contributed by atoms with Gasteiger partial charge >= 0.3 is 12.3 Å². The summed E-state index contributed by atoms with van der Waals surface area (Å²) in [5.74, 6) is 0. The van der Waals surface area contributed by atoms with E-state index in [0.717, 1.165) is 18.6 Å². The van der Waals surface area contributed by atoms with Crippen molar-refractivity contribution in [1.29, 1.82) is 0 Å². The molecule has 116 valence electrons. The molecule has 0 fully saturated rings. The van der Waals surface area contributed by atoms with Crippen molar-refractivity contribution in [2.24, 2.45) is 0 Å². The number of benzene rings is 1. The Bertz CT molecular complexity index is 531. The number of alkyl halides is 3. The largest absolute Gasteiger partial charge is 0.453 e. The summed E-state index contributed by atoms with van der Waals surface area (Å²) in [5.41, 5.74) is 0.317. The lowest BCUT2D eigenvalue weighted by molar-refractivity contribution is -0.137. The van der Waals surface area contributed by atoms with Crippen molar-refractivity contribution < 1.29 is 22.7 Å². The number of ether oxygens (including phenoxy) is 1. The van der Waals surface area contributed by atoms with Crippen LogP contribution < -0.4 is 10.6 Å². The molecule has 1 aromatic rings. The zero-order chi connectivity index (χ0) is 15.6. The van der Waals surface area contributed by atoms with Gasteiger partial charge in [0.2, 0.25) is 0 Å². The van der Waals surface area contributed by atoms with Crippen LogP contribution in [0.2, 0.25) is 0 Å². The third kappa shape index (κ3) is 3.40. The summed E-state index contributed by atoms with van der Waals surface area (Å²) < 4.78 is 43.0. The first kappa shape index (κ1) is 15.5. The van der Waals surface area contributed by atoms with Crippen molar-refractivity contribution in [3.05, 3.63) is 29.3 Å². The van der Waals surface area contributed by atoms with Crippen LogP contribution in [0.3, 0.4) is 0 Å². The van der Waals surface area contributed by atoms with E-state index in [1.807, 2.05) is 6.92 Å². The monoisotopic (exact) mass is 302 g/mol. The molecule has 1 heterocycles. The van der Waals surface area contributed by atoms with Crippen molar-refractivity contribution >= 4 is 11.8 Å². The molecule has 0 spiro atoms. The van der Waals surface area contributed by atoms with Crippen LogP contribution in [0, 0.1) is 0 Å². The predicted octanol–water partition coefficient (Wildman–Crippen LogP) is 3.70. The van der Waals surface area contributed by atoms with E-state index >= 15 is 0 Å². The molecule has 4 nitrogen and oxygen atoms in total. The summed E-state index contributed by atoms with van der Waals surface area (Å²) in [6.45, 7) is 1.97. The van der Waals surface area contributed by atoms with Crippen LogP contribution in [0.4, 0.5) is 23.7 Å². The lowest BCUT2D eigenvalue weighted by atomic mass is 9.90. The van der Waals surface area contributed by atoms with E-state index in [-0.39, 0.29) is 6.04 Å². The lowest BCUT2D eigenvalue weighted by Gasteiger charge is -2.33. The van der Waals surface area contributed by atoms with Crippen LogP contribution in [0.1, 0.15) is 36.9 Å². The Morgan fingerprint density at radius 3 is 2.76 bits per heavy atom. The van der Waals surface area contributed by atoms with E-state index in [1.165, 1.54) is 13.2 Å². The minimum atomic E-state index is -4.41. The number of nitrogens with one attached hydrogen (secondary N) is 2. The number of hydrogen-bond donors (Lipinski definition) is 2. The third-order valence-corrected chi connectivity index (χ3v) is 3.60. The normalized spacial score (nSPS) is 21.2. The van der Waals surface area contributed by atoms with Gasteiger partial charge in [-0.1, -0.05) is 6.92 Å². The van der Waals surface area contributed by atoms with Gasteiger partial charge < -0.3 is 15.4 Å². The van der Waals surface area contributed by atoms with Crippen molar-refractivity contribution in [3.63, 3.8) is 0 Å². The van der Waals surface area contributed by atoms with Gasteiger partial charge in [0.1, 0.15) is 0 Å². The van der Waals surface area contributed by atoms with E-state index in [0.29, 0.717) is 17.7 Å². The molecule has 0 saturated heterocycles. The highest BCUT2D eigenvalue weighted by Crippen LogP contribution is 2.38. The summed E-state index contributed by atoms with van der Waals surface area (Å²) in [5, 5.41) is 5.79. The molecule has 1 aromatic carbocycles. The minimum Gasteiger partial charge on any atom is -0.453 e. The van der Waals surface area contributed by atoms with Gasteiger partial charge in [0.15, 0.2) is 0 Å². The second-order valence-corrected chi connectivity index (χ2v) is 4.97. The second-order valence-electron chi connectivity index (χ2n) is 4.97. The van der Waals surface area contributed by atoms with Gasteiger partial charge in [0.25, 0.3) is 0 Å². The fourth-order valence-corrected chi connectivity index (χ4v) is 2.46. The van der Waals surface area contributed by atoms with Crippen LogP contribution in [-0.4, -0.2) is 19.2 Å². The molecule has 0 saturated carbocycles. The van der Waals surface area contributed by atoms with Gasteiger partial charge in [-0.25, -0.2) is 4.79 Å². The smallest absolute Gasteiger partial charge is 0.416 e. The molecule has 2 atom stereocenters. The highest BCUT2D eigenvalue weighted by Gasteiger charge is 2.34. The van der Waals surface area contributed by atoms with Crippen LogP contribution in [-0.2, 0) is 10.9 Å². The number of hydrogen-bond acceptors (Lipinski definition) is 3. The Morgan fingerprint density at radius 1 is 1.48 bits per heavy atom. The Labute approximate surface area is 120 Å². The maximum atomic E-state index is 12.8. The highest BCUT2D eigenvalue weighted by molar-refractivity contribution is 5.69. The van der Waals surface area contributed by atoms with E-state index in [2.05, 4.69) is 15.4 Å². The van der Waals surface area contributed by atoms with Crippen molar-refractivity contribution in [1.82, 2.24) is 5.32 Å². The van der Waals surface area contributed by atoms with Crippen LogP contribution >= 0.6 is 0 Å². The topological polar surface area (TPSA) is 50.4 Å². The summed E-state index contributed by atoms with van der Waals surface area (Å²) in [4.78, 5) is 11.4. The van der Waals surface area contributed by atoms with E-state index in [4.69, 9.17) is 0 Å². The van der Waals surface area contributed by atoms with Gasteiger partial charge in [-0.05, 0) is 36.6 Å². The van der Waals surface area contributed by atoms with Crippen molar-refractivity contribution in [3.8, 4) is 0 Å². The molecule has 0 radical (unpaired) electrons. The molecule has 1 aliphatic rings. The minimum absolute atomic E-state index is 0.0939. The molecule has 1 amide bonds. The molecule has 21 heavy (non-hydrogen) atoms. The number of halogens is 3. The summed E-state index contributed by atoms with van der Waals surface area (Å²) >= 11 is 0. The van der Waals surface area contributed by atoms with E-state index < -0.39 is 23.9 Å². The Morgan fingerprint density at radius 2 is 2.19 bits per heavy atom. The van der Waals surface area contributed by atoms with Crippen LogP contribution in [0.5, 0.6) is 0 Å². The third-order valence-electron chi connectivity index (χ3n) is 3.60. The van der Waals surface area contributed by atoms with E-state index in [9.17, 15) is 18.0 Å². The first-order chi connectivity index (χ1) is 9.85. The van der Waals surface area contributed by atoms with Gasteiger partial charge in [-0.3, -0.25) is 0 Å². The Kier molecular flexibility index (Phi) is 4.29. The van der Waals surface area contributed by atoms with Crippen molar-refractivity contribution in [2.45, 2.75) is 38.0 Å². The average Bonchev–Trinajstić information content (AvgIpc) is 2.45. The fraction of sp³-hybridized carbons (Fsp3) is 0.500. The molecule has 2 rings (SSSR count). The summed E-state index contributed by atoms with van der Waals surface area (Å²) in [7, 11) is 1.22. The Balaban J connectivity index is 2.37. The molecule has 0 unspecified atom stereocenters. The quantitative estimate of drug-likeness (QED) is 0.876. The fourth-order valence-electron chi connectivity index (χ4n) is 2.46. The maximum Gasteiger partial charge on any atom is 0.416 e. The first-order valence-corrected chi connectivity index (χ1v) is 6.67. The first-order valence-electron chi connectivity index (χ1n) is 6.67. The molecular formula is C14H17F3N2O2. The molecular weight excluding hydrogens is 285 g/mol. The Hall–Kier alpha value is -1.92. The molecule has 7 heteroatoms. The number of fused-ring (bicyclic) bond motifs is 1. The number of anilines is 1. The van der Waals surface area contributed by atoms with Gasteiger partial charge in [0, 0.05) is 11.7 Å². The molecule has 0 aliphatic carbocycles. The van der Waals surface area contributed by atoms with Crippen LogP contribution in [0.25, 0.3) is 0 Å². The zero-order valence-corrected chi connectivity index (χ0v) is 11.8. The van der Waals surface area contributed by atoms with Gasteiger partial charge in [0.05, 0.1) is 18.7 Å².